The molecule has 0 bridgehead atoms. The van der Waals surface area contributed by atoms with Crippen LogP contribution in [0.25, 0.3) is 5.69 Å². The number of nitrogens with zero attached hydrogens (tertiary/aromatic N) is 4. The first kappa shape index (κ1) is 18.2. The summed E-state index contributed by atoms with van der Waals surface area (Å²) in [6, 6.07) is 8.05. The first-order valence-electron chi connectivity index (χ1n) is 7.69. The van der Waals surface area contributed by atoms with Crippen molar-refractivity contribution in [1.82, 2.24) is 20.2 Å². The minimum absolute atomic E-state index is 0.191. The molecule has 138 valence electrons. The Balaban J connectivity index is 1.72. The van der Waals surface area contributed by atoms with E-state index in [1.165, 1.54) is 30.1 Å². The molecule has 10 nitrogen and oxygen atoms in total. The quantitative estimate of drug-likeness (QED) is 0.602. The number of nitrogens with one attached hydrogen (secondary N) is 1. The number of hydrogen-bond donors (Lipinski definition) is 2. The van der Waals surface area contributed by atoms with Gasteiger partial charge in [-0.15, -0.1) is 16.4 Å². The average Bonchev–Trinajstić information content (AvgIpc) is 3.33. The second kappa shape index (κ2) is 7.74. The third-order valence-corrected chi connectivity index (χ3v) is 4.37. The van der Waals surface area contributed by atoms with E-state index in [4.69, 9.17) is 10.5 Å². The molecule has 0 aliphatic heterocycles. The SMILES string of the molecule is CC(OC(=O)c1ccccc1-n1cnnn1)C(=O)Nc1sccc1C(N)=O. The minimum atomic E-state index is -1.11. The van der Waals surface area contributed by atoms with Gasteiger partial charge in [0, 0.05) is 0 Å². The normalized spacial score (nSPS) is 11.6. The molecule has 0 aliphatic carbocycles. The first-order valence-corrected chi connectivity index (χ1v) is 8.57. The fourth-order valence-corrected chi connectivity index (χ4v) is 3.00. The van der Waals surface area contributed by atoms with Crippen molar-refractivity contribution >= 4 is 34.1 Å². The number of amides is 2. The van der Waals surface area contributed by atoms with Gasteiger partial charge in [-0.05, 0) is 40.9 Å². The second-order valence-electron chi connectivity index (χ2n) is 5.34. The molecule has 1 unspecified atom stereocenters. The predicted molar refractivity (Wildman–Crippen MR) is 95.5 cm³/mol. The Morgan fingerprint density at radius 2 is 2.00 bits per heavy atom. The number of rotatable bonds is 6. The van der Waals surface area contributed by atoms with Crippen molar-refractivity contribution in [1.29, 1.82) is 0 Å². The summed E-state index contributed by atoms with van der Waals surface area (Å²) in [5, 5.41) is 15.3. The molecule has 2 amide bonds. The Morgan fingerprint density at radius 3 is 2.70 bits per heavy atom. The van der Waals surface area contributed by atoms with E-state index < -0.39 is 23.9 Å². The standard InChI is InChI=1S/C16H14N6O4S/c1-9(14(24)19-15-11(13(17)23)6-7-27-15)26-16(25)10-4-2-3-5-12(10)22-8-18-20-21-22/h2-9H,1H3,(H2,17,23)(H,19,24). The van der Waals surface area contributed by atoms with Gasteiger partial charge in [0.1, 0.15) is 11.3 Å². The lowest BCUT2D eigenvalue weighted by Gasteiger charge is -2.14. The number of anilines is 1. The molecular formula is C16H14N6O4S. The van der Waals surface area contributed by atoms with Gasteiger partial charge in [-0.3, -0.25) is 9.59 Å². The number of aromatic nitrogens is 4. The number of hydrogen-bond acceptors (Lipinski definition) is 8. The molecule has 3 aromatic rings. The molecule has 0 saturated heterocycles. The Labute approximate surface area is 156 Å². The van der Waals surface area contributed by atoms with Crippen LogP contribution in [0.2, 0.25) is 0 Å². The number of primary amides is 1. The molecule has 3 N–H and O–H groups in total. The number of carbonyl (C=O) groups is 3. The minimum Gasteiger partial charge on any atom is -0.449 e. The Hall–Kier alpha value is -3.60. The molecule has 0 fully saturated rings. The highest BCUT2D eigenvalue weighted by Gasteiger charge is 2.23. The van der Waals surface area contributed by atoms with Gasteiger partial charge in [-0.2, -0.15) is 4.68 Å². The number of nitrogens with two attached hydrogens (primary N) is 1. The van der Waals surface area contributed by atoms with E-state index in [2.05, 4.69) is 20.8 Å². The van der Waals surface area contributed by atoms with Crippen LogP contribution in [0.3, 0.4) is 0 Å². The Bertz CT molecular complexity index is 984. The van der Waals surface area contributed by atoms with E-state index in [-0.39, 0.29) is 11.1 Å². The third kappa shape index (κ3) is 3.98. The van der Waals surface area contributed by atoms with Crippen LogP contribution in [-0.4, -0.2) is 44.1 Å². The van der Waals surface area contributed by atoms with Gasteiger partial charge in [-0.25, -0.2) is 4.79 Å². The smallest absolute Gasteiger partial charge is 0.341 e. The van der Waals surface area contributed by atoms with Crippen LogP contribution < -0.4 is 11.1 Å². The van der Waals surface area contributed by atoms with Crippen molar-refractivity contribution in [3.05, 3.63) is 53.2 Å². The number of thiophene rings is 1. The maximum absolute atomic E-state index is 12.5. The molecule has 0 saturated carbocycles. The monoisotopic (exact) mass is 386 g/mol. The lowest BCUT2D eigenvalue weighted by molar-refractivity contribution is -0.123. The summed E-state index contributed by atoms with van der Waals surface area (Å²) in [6.07, 6.45) is 0.229. The van der Waals surface area contributed by atoms with Gasteiger partial charge < -0.3 is 15.8 Å². The summed E-state index contributed by atoms with van der Waals surface area (Å²) in [7, 11) is 0. The van der Waals surface area contributed by atoms with Crippen molar-refractivity contribution in [3.63, 3.8) is 0 Å². The lowest BCUT2D eigenvalue weighted by Crippen LogP contribution is -2.30. The Morgan fingerprint density at radius 1 is 1.22 bits per heavy atom. The fourth-order valence-electron chi connectivity index (χ4n) is 2.21. The number of benzene rings is 1. The summed E-state index contributed by atoms with van der Waals surface area (Å²) in [5.74, 6) is -1.97. The van der Waals surface area contributed by atoms with E-state index >= 15 is 0 Å². The molecule has 1 atom stereocenters. The van der Waals surface area contributed by atoms with Crippen molar-refractivity contribution < 1.29 is 19.1 Å². The van der Waals surface area contributed by atoms with Crippen LogP contribution >= 0.6 is 11.3 Å². The van der Waals surface area contributed by atoms with Gasteiger partial charge in [0.15, 0.2) is 6.10 Å². The van der Waals surface area contributed by atoms with E-state index in [1.807, 2.05) is 0 Å². The second-order valence-corrected chi connectivity index (χ2v) is 6.25. The molecular weight excluding hydrogens is 372 g/mol. The summed E-state index contributed by atoms with van der Waals surface area (Å²) >= 11 is 1.14. The van der Waals surface area contributed by atoms with Gasteiger partial charge in [0.25, 0.3) is 11.8 Å². The molecule has 27 heavy (non-hydrogen) atoms. The van der Waals surface area contributed by atoms with Gasteiger partial charge in [0.05, 0.1) is 16.8 Å². The zero-order valence-electron chi connectivity index (χ0n) is 14.0. The molecule has 11 heteroatoms. The number of ether oxygens (including phenoxy) is 1. The zero-order chi connectivity index (χ0) is 19.4. The summed E-state index contributed by atoms with van der Waals surface area (Å²) < 4.78 is 6.55. The molecule has 0 aliphatic rings. The van der Waals surface area contributed by atoms with Crippen LogP contribution in [0.15, 0.2) is 42.0 Å². The molecule has 2 aromatic heterocycles. The Kier molecular flexibility index (Phi) is 5.22. The number of esters is 1. The number of carbonyl (C=O) groups excluding carboxylic acids is 3. The van der Waals surface area contributed by atoms with Crippen LogP contribution in [0.4, 0.5) is 5.00 Å². The van der Waals surface area contributed by atoms with E-state index in [0.717, 1.165) is 11.3 Å². The maximum atomic E-state index is 12.5. The summed E-state index contributed by atoms with van der Waals surface area (Å²) in [4.78, 5) is 36.1. The van der Waals surface area contributed by atoms with Gasteiger partial charge in [-0.1, -0.05) is 12.1 Å². The van der Waals surface area contributed by atoms with Gasteiger partial charge in [0.2, 0.25) is 0 Å². The molecule has 0 spiro atoms. The van der Waals surface area contributed by atoms with Crippen molar-refractivity contribution in [2.24, 2.45) is 5.73 Å². The largest absolute Gasteiger partial charge is 0.449 e. The first-order chi connectivity index (χ1) is 13.0. The van der Waals surface area contributed by atoms with Crippen LogP contribution in [-0.2, 0) is 9.53 Å². The molecule has 3 rings (SSSR count). The average molecular weight is 386 g/mol. The van der Waals surface area contributed by atoms with Crippen LogP contribution in [0.1, 0.15) is 27.6 Å². The summed E-state index contributed by atoms with van der Waals surface area (Å²) in [5.41, 5.74) is 6.04. The molecule has 2 heterocycles. The highest BCUT2D eigenvalue weighted by Crippen LogP contribution is 2.23. The summed E-state index contributed by atoms with van der Waals surface area (Å²) in [6.45, 7) is 1.42. The highest BCUT2D eigenvalue weighted by atomic mass is 32.1. The highest BCUT2D eigenvalue weighted by molar-refractivity contribution is 7.14. The topological polar surface area (TPSA) is 142 Å². The van der Waals surface area contributed by atoms with Crippen molar-refractivity contribution in [3.8, 4) is 5.69 Å². The van der Waals surface area contributed by atoms with Crippen LogP contribution in [0, 0.1) is 0 Å². The predicted octanol–water partition coefficient (Wildman–Crippen LogP) is 1.01. The van der Waals surface area contributed by atoms with Crippen molar-refractivity contribution in [2.45, 2.75) is 13.0 Å². The van der Waals surface area contributed by atoms with Crippen molar-refractivity contribution in [2.75, 3.05) is 5.32 Å². The lowest BCUT2D eigenvalue weighted by atomic mass is 10.2. The number of para-hydroxylation sites is 1. The van der Waals surface area contributed by atoms with E-state index in [0.29, 0.717) is 10.7 Å². The van der Waals surface area contributed by atoms with Gasteiger partial charge >= 0.3 is 5.97 Å². The molecule has 0 radical (unpaired) electrons. The van der Waals surface area contributed by atoms with E-state index in [1.54, 1.807) is 23.6 Å². The third-order valence-electron chi connectivity index (χ3n) is 3.54. The van der Waals surface area contributed by atoms with E-state index in [9.17, 15) is 14.4 Å². The fraction of sp³-hybridized carbons (Fsp3) is 0.125. The number of tetrazole rings is 1. The maximum Gasteiger partial charge on any atom is 0.341 e. The van der Waals surface area contributed by atoms with Crippen LogP contribution in [0.5, 0.6) is 0 Å². The molecule has 1 aromatic carbocycles. The zero-order valence-corrected chi connectivity index (χ0v) is 14.8.